The zero-order valence-corrected chi connectivity index (χ0v) is 15.7. The summed E-state index contributed by atoms with van der Waals surface area (Å²) < 4.78 is 6.75. The Morgan fingerprint density at radius 3 is 2.64 bits per heavy atom. The fraction of sp³-hybridized carbons (Fsp3) is 0.588. The van der Waals surface area contributed by atoms with Crippen LogP contribution >= 0.6 is 22.6 Å². The van der Waals surface area contributed by atoms with Gasteiger partial charge < -0.3 is 15.0 Å². The highest BCUT2D eigenvalue weighted by atomic mass is 127. The lowest BCUT2D eigenvalue weighted by molar-refractivity contribution is 0.0114. The third-order valence-corrected chi connectivity index (χ3v) is 4.36. The fourth-order valence-corrected chi connectivity index (χ4v) is 2.94. The maximum Gasteiger partial charge on any atom is 0.410 e. The van der Waals surface area contributed by atoms with Crippen molar-refractivity contribution >= 4 is 34.4 Å². The Morgan fingerprint density at radius 2 is 2.00 bits per heavy atom. The van der Waals surface area contributed by atoms with E-state index < -0.39 is 5.60 Å². The van der Waals surface area contributed by atoms with Gasteiger partial charge in [0.1, 0.15) is 5.60 Å². The van der Waals surface area contributed by atoms with Crippen molar-refractivity contribution in [1.82, 2.24) is 4.90 Å². The molecular weight excluding hydrogens is 391 g/mol. The lowest BCUT2D eigenvalue weighted by Crippen LogP contribution is -2.48. The van der Waals surface area contributed by atoms with E-state index in [4.69, 9.17) is 4.74 Å². The summed E-state index contributed by atoms with van der Waals surface area (Å²) in [5.41, 5.74) is 0.651. The highest BCUT2D eigenvalue weighted by molar-refractivity contribution is 14.1. The van der Waals surface area contributed by atoms with Crippen LogP contribution in [-0.2, 0) is 4.74 Å². The van der Waals surface area contributed by atoms with E-state index >= 15 is 0 Å². The number of rotatable bonds is 3. The number of hydrogen-bond donors (Lipinski definition) is 1. The molecular formula is C17H25IN2O2. The zero-order chi connectivity index (χ0) is 16.2. The number of benzene rings is 1. The molecule has 1 N–H and O–H groups in total. The Balaban J connectivity index is 1.94. The van der Waals surface area contributed by atoms with Crippen LogP contribution in [0.3, 0.4) is 0 Å². The molecule has 1 saturated heterocycles. The quantitative estimate of drug-likeness (QED) is 0.739. The average Bonchev–Trinajstić information content (AvgIpc) is 2.45. The zero-order valence-electron chi connectivity index (χ0n) is 13.6. The molecule has 1 aliphatic rings. The minimum atomic E-state index is -0.442. The van der Waals surface area contributed by atoms with E-state index in [0.717, 1.165) is 31.6 Å². The van der Waals surface area contributed by atoms with Crippen LogP contribution in [0, 0.1) is 3.57 Å². The van der Waals surface area contributed by atoms with Crippen LogP contribution in [0.15, 0.2) is 24.3 Å². The van der Waals surface area contributed by atoms with Crippen molar-refractivity contribution < 1.29 is 9.53 Å². The second kappa shape index (κ2) is 7.53. The van der Waals surface area contributed by atoms with E-state index in [2.05, 4.69) is 52.2 Å². The molecule has 1 aromatic rings. The summed E-state index contributed by atoms with van der Waals surface area (Å²) in [5.74, 6) is 0. The highest BCUT2D eigenvalue weighted by Gasteiger charge is 2.30. The van der Waals surface area contributed by atoms with E-state index in [-0.39, 0.29) is 12.1 Å². The van der Waals surface area contributed by atoms with E-state index in [1.54, 1.807) is 0 Å². The molecule has 0 radical (unpaired) electrons. The first-order valence-electron chi connectivity index (χ1n) is 7.84. The number of halogens is 1. The monoisotopic (exact) mass is 416 g/mol. The van der Waals surface area contributed by atoms with Crippen molar-refractivity contribution in [1.29, 1.82) is 0 Å². The van der Waals surface area contributed by atoms with Crippen molar-refractivity contribution in [3.63, 3.8) is 0 Å². The molecule has 1 amide bonds. The van der Waals surface area contributed by atoms with E-state index in [9.17, 15) is 4.79 Å². The van der Waals surface area contributed by atoms with Crippen LogP contribution in [-0.4, -0.2) is 35.7 Å². The van der Waals surface area contributed by atoms with Gasteiger partial charge in [0, 0.05) is 22.3 Å². The van der Waals surface area contributed by atoms with Crippen molar-refractivity contribution in [2.24, 2.45) is 0 Å². The normalized spacial score (nSPS) is 18.9. The van der Waals surface area contributed by atoms with Crippen molar-refractivity contribution in [2.75, 3.05) is 18.4 Å². The van der Waals surface area contributed by atoms with E-state index in [0.29, 0.717) is 0 Å². The Hall–Kier alpha value is -0.980. The number of likely N-dealkylation sites (tertiary alicyclic amines) is 1. The van der Waals surface area contributed by atoms with Crippen LogP contribution in [0.5, 0.6) is 0 Å². The number of nitrogens with zero attached hydrogens (tertiary/aromatic N) is 1. The van der Waals surface area contributed by atoms with Gasteiger partial charge in [0.25, 0.3) is 0 Å². The first kappa shape index (κ1) is 17.4. The molecule has 1 atom stereocenters. The number of hydrogen-bond acceptors (Lipinski definition) is 3. The number of carbonyl (C=O) groups is 1. The van der Waals surface area contributed by atoms with Crippen LogP contribution in [0.2, 0.25) is 0 Å². The molecule has 22 heavy (non-hydrogen) atoms. The molecule has 0 aliphatic carbocycles. The first-order chi connectivity index (χ1) is 10.3. The summed E-state index contributed by atoms with van der Waals surface area (Å²) in [6.07, 6.45) is 3.05. The number of carbonyl (C=O) groups excluding carboxylic acids is 1. The summed E-state index contributed by atoms with van der Waals surface area (Å²) in [6.45, 7) is 7.28. The minimum absolute atomic E-state index is 0.193. The third-order valence-electron chi connectivity index (χ3n) is 3.64. The summed E-state index contributed by atoms with van der Waals surface area (Å²) in [7, 11) is 0. The molecule has 0 bridgehead atoms. The second-order valence-electron chi connectivity index (χ2n) is 6.71. The fourth-order valence-electron chi connectivity index (χ4n) is 2.58. The van der Waals surface area contributed by atoms with Gasteiger partial charge in [-0.05, 0) is 86.9 Å². The lowest BCUT2D eigenvalue weighted by Gasteiger charge is -2.37. The molecule has 1 fully saturated rings. The smallest absolute Gasteiger partial charge is 0.410 e. The Labute approximate surface area is 146 Å². The Kier molecular flexibility index (Phi) is 5.94. The Bertz CT molecular complexity index is 496. The molecule has 1 aromatic carbocycles. The maximum atomic E-state index is 12.4. The van der Waals surface area contributed by atoms with Gasteiger partial charge in [0.2, 0.25) is 0 Å². The predicted molar refractivity (Wildman–Crippen MR) is 98.2 cm³/mol. The molecule has 5 heteroatoms. The second-order valence-corrected chi connectivity index (χ2v) is 7.96. The van der Waals surface area contributed by atoms with Gasteiger partial charge >= 0.3 is 6.09 Å². The molecule has 1 heterocycles. The van der Waals surface area contributed by atoms with Crippen LogP contribution < -0.4 is 5.32 Å². The van der Waals surface area contributed by atoms with Gasteiger partial charge in [-0.25, -0.2) is 4.79 Å². The van der Waals surface area contributed by atoms with Gasteiger partial charge in [-0.2, -0.15) is 0 Å². The molecule has 0 spiro atoms. The predicted octanol–water partition coefficient (Wildman–Crippen LogP) is 4.49. The highest BCUT2D eigenvalue weighted by Crippen LogP contribution is 2.21. The number of amides is 1. The first-order valence-corrected chi connectivity index (χ1v) is 8.92. The molecule has 4 nitrogen and oxygen atoms in total. The van der Waals surface area contributed by atoms with Gasteiger partial charge in [-0.15, -0.1) is 0 Å². The topological polar surface area (TPSA) is 41.6 Å². The van der Waals surface area contributed by atoms with Crippen LogP contribution in [0.1, 0.15) is 40.0 Å². The Morgan fingerprint density at radius 1 is 1.32 bits per heavy atom. The third kappa shape index (κ3) is 5.34. The number of ether oxygens (including phenoxy) is 1. The van der Waals surface area contributed by atoms with Crippen LogP contribution in [0.25, 0.3) is 0 Å². The summed E-state index contributed by atoms with van der Waals surface area (Å²) in [5, 5.41) is 3.44. The summed E-state index contributed by atoms with van der Waals surface area (Å²) in [6, 6.07) is 8.50. The molecule has 1 unspecified atom stereocenters. The number of anilines is 1. The van der Waals surface area contributed by atoms with Gasteiger partial charge in [0.05, 0.1) is 6.04 Å². The molecule has 122 valence electrons. The molecule has 1 aliphatic heterocycles. The number of piperidine rings is 1. The van der Waals surface area contributed by atoms with Gasteiger partial charge in [-0.3, -0.25) is 0 Å². The van der Waals surface area contributed by atoms with Crippen molar-refractivity contribution in [3.8, 4) is 0 Å². The molecule has 0 aromatic heterocycles. The lowest BCUT2D eigenvalue weighted by atomic mass is 10.0. The SMILES string of the molecule is CC(C)(C)OC(=O)N1CCCCC1CNc1ccc(I)cc1. The average molecular weight is 416 g/mol. The van der Waals surface area contributed by atoms with Crippen LogP contribution in [0.4, 0.5) is 10.5 Å². The summed E-state index contributed by atoms with van der Waals surface area (Å²) in [4.78, 5) is 14.2. The van der Waals surface area contributed by atoms with Crippen molar-refractivity contribution in [2.45, 2.75) is 51.7 Å². The van der Waals surface area contributed by atoms with Gasteiger partial charge in [-0.1, -0.05) is 0 Å². The van der Waals surface area contributed by atoms with E-state index in [1.165, 1.54) is 9.99 Å². The summed E-state index contributed by atoms with van der Waals surface area (Å²) >= 11 is 2.30. The molecule has 2 rings (SSSR count). The molecule has 0 saturated carbocycles. The van der Waals surface area contributed by atoms with Crippen molar-refractivity contribution in [3.05, 3.63) is 27.8 Å². The van der Waals surface area contributed by atoms with E-state index in [1.807, 2.05) is 25.7 Å². The minimum Gasteiger partial charge on any atom is -0.444 e. The largest absolute Gasteiger partial charge is 0.444 e. The number of nitrogens with one attached hydrogen (secondary N) is 1. The standard InChI is InChI=1S/C17H25IN2O2/c1-17(2,3)22-16(21)20-11-5-4-6-15(20)12-19-14-9-7-13(18)8-10-14/h7-10,15,19H,4-6,11-12H2,1-3H3. The van der Waals surface area contributed by atoms with Gasteiger partial charge in [0.15, 0.2) is 0 Å². The maximum absolute atomic E-state index is 12.4.